The van der Waals surface area contributed by atoms with Gasteiger partial charge in [0, 0.05) is 19.8 Å². The molecule has 106 valence electrons. The second-order valence-corrected chi connectivity index (χ2v) is 7.42. The summed E-state index contributed by atoms with van der Waals surface area (Å²) in [7, 11) is 0. The smallest absolute Gasteiger partial charge is 0.0580 e. The van der Waals surface area contributed by atoms with Crippen LogP contribution in [0.5, 0.6) is 0 Å². The molecule has 0 bridgehead atoms. The highest BCUT2D eigenvalue weighted by Gasteiger charge is 2.33. The van der Waals surface area contributed by atoms with Gasteiger partial charge in [-0.05, 0) is 48.9 Å². The maximum atomic E-state index is 5.99. The Morgan fingerprint density at radius 1 is 1.17 bits per heavy atom. The fourth-order valence-electron chi connectivity index (χ4n) is 3.44. The van der Waals surface area contributed by atoms with Crippen LogP contribution < -0.4 is 0 Å². The summed E-state index contributed by atoms with van der Waals surface area (Å²) in [5.41, 5.74) is 0.432. The zero-order chi connectivity index (χ0) is 13.2. The lowest BCUT2D eigenvalue weighted by molar-refractivity contribution is -0.0476. The molecule has 2 heterocycles. The molecule has 2 rings (SSSR count). The van der Waals surface area contributed by atoms with Gasteiger partial charge in [0.1, 0.15) is 0 Å². The number of ether oxygens (including phenoxy) is 2. The largest absolute Gasteiger partial charge is 0.381 e. The molecule has 2 nitrogen and oxygen atoms in total. The minimum Gasteiger partial charge on any atom is -0.381 e. The van der Waals surface area contributed by atoms with Crippen LogP contribution in [0.3, 0.4) is 0 Å². The molecule has 0 amide bonds. The molecule has 2 aliphatic rings. The van der Waals surface area contributed by atoms with Crippen molar-refractivity contribution in [1.29, 1.82) is 0 Å². The quantitative estimate of drug-likeness (QED) is 0.760. The normalized spacial score (nSPS) is 35.7. The van der Waals surface area contributed by atoms with Crippen LogP contribution in [0.25, 0.3) is 0 Å². The van der Waals surface area contributed by atoms with Crippen molar-refractivity contribution in [2.45, 2.75) is 59.5 Å². The van der Waals surface area contributed by atoms with E-state index in [1.54, 1.807) is 0 Å². The van der Waals surface area contributed by atoms with Gasteiger partial charge in [0.05, 0.1) is 6.10 Å². The van der Waals surface area contributed by atoms with E-state index in [-0.39, 0.29) is 0 Å². The van der Waals surface area contributed by atoms with E-state index in [0.29, 0.717) is 11.5 Å². The summed E-state index contributed by atoms with van der Waals surface area (Å²) in [4.78, 5) is 0. The molecule has 4 atom stereocenters. The third kappa shape index (κ3) is 3.71. The molecule has 4 unspecified atom stereocenters. The second-order valence-electron chi connectivity index (χ2n) is 7.42. The first kappa shape index (κ1) is 14.3. The van der Waals surface area contributed by atoms with Crippen LogP contribution >= 0.6 is 0 Å². The van der Waals surface area contributed by atoms with Crippen molar-refractivity contribution in [1.82, 2.24) is 0 Å². The molecule has 0 saturated carbocycles. The van der Waals surface area contributed by atoms with Gasteiger partial charge in [-0.15, -0.1) is 0 Å². The van der Waals surface area contributed by atoms with Crippen molar-refractivity contribution >= 4 is 0 Å². The van der Waals surface area contributed by atoms with E-state index in [2.05, 4.69) is 27.7 Å². The second kappa shape index (κ2) is 5.92. The molecule has 0 N–H and O–H groups in total. The molecule has 18 heavy (non-hydrogen) atoms. The Morgan fingerprint density at radius 3 is 2.56 bits per heavy atom. The molecular formula is C16H30O2. The monoisotopic (exact) mass is 254 g/mol. The van der Waals surface area contributed by atoms with E-state index >= 15 is 0 Å². The molecule has 0 aromatic heterocycles. The Hall–Kier alpha value is -0.0800. The predicted octanol–water partition coefficient (Wildman–Crippen LogP) is 3.89. The minimum atomic E-state index is 0.432. The first-order valence-electron chi connectivity index (χ1n) is 7.66. The SMILES string of the molecule is CC(CC1CC(C(C)(C)C)CCO1)C1CCOC1. The Labute approximate surface area is 112 Å². The summed E-state index contributed by atoms with van der Waals surface area (Å²) in [5.74, 6) is 2.34. The topological polar surface area (TPSA) is 18.5 Å². The standard InChI is InChI=1S/C16H30O2/c1-12(13-5-7-17-11-13)9-15-10-14(6-8-18-15)16(2,3)4/h12-15H,5-11H2,1-4H3. The van der Waals surface area contributed by atoms with E-state index in [1.165, 1.54) is 25.7 Å². The molecule has 2 fully saturated rings. The van der Waals surface area contributed by atoms with Crippen LogP contribution in [0.1, 0.15) is 53.4 Å². The van der Waals surface area contributed by atoms with Gasteiger partial charge in [-0.3, -0.25) is 0 Å². The van der Waals surface area contributed by atoms with Crippen molar-refractivity contribution in [3.63, 3.8) is 0 Å². The molecular weight excluding hydrogens is 224 g/mol. The van der Waals surface area contributed by atoms with Gasteiger partial charge < -0.3 is 9.47 Å². The third-order valence-electron chi connectivity index (χ3n) is 5.00. The lowest BCUT2D eigenvalue weighted by Gasteiger charge is -2.38. The van der Waals surface area contributed by atoms with Crippen LogP contribution in [-0.4, -0.2) is 25.9 Å². The highest BCUT2D eigenvalue weighted by molar-refractivity contribution is 4.82. The van der Waals surface area contributed by atoms with Crippen molar-refractivity contribution < 1.29 is 9.47 Å². The van der Waals surface area contributed by atoms with Crippen molar-refractivity contribution in [3.8, 4) is 0 Å². The summed E-state index contributed by atoms with van der Waals surface area (Å²) in [6.07, 6.45) is 5.44. The molecule has 0 aliphatic carbocycles. The molecule has 0 spiro atoms. The maximum absolute atomic E-state index is 5.99. The Morgan fingerprint density at radius 2 is 1.94 bits per heavy atom. The van der Waals surface area contributed by atoms with Crippen LogP contribution in [0.4, 0.5) is 0 Å². The van der Waals surface area contributed by atoms with Gasteiger partial charge in [-0.1, -0.05) is 27.7 Å². The average molecular weight is 254 g/mol. The van der Waals surface area contributed by atoms with E-state index < -0.39 is 0 Å². The Balaban J connectivity index is 1.81. The van der Waals surface area contributed by atoms with E-state index in [0.717, 1.165) is 37.6 Å². The Kier molecular flexibility index (Phi) is 4.71. The molecule has 0 aromatic rings. The molecule has 2 saturated heterocycles. The van der Waals surface area contributed by atoms with Gasteiger partial charge in [0.15, 0.2) is 0 Å². The molecule has 2 aliphatic heterocycles. The van der Waals surface area contributed by atoms with Gasteiger partial charge in [0.2, 0.25) is 0 Å². The van der Waals surface area contributed by atoms with E-state index in [4.69, 9.17) is 9.47 Å². The first-order chi connectivity index (χ1) is 8.47. The van der Waals surface area contributed by atoms with E-state index in [1.807, 2.05) is 0 Å². The lowest BCUT2D eigenvalue weighted by atomic mass is 9.73. The summed E-state index contributed by atoms with van der Waals surface area (Å²) >= 11 is 0. The maximum Gasteiger partial charge on any atom is 0.0580 e. The average Bonchev–Trinajstić information content (AvgIpc) is 2.81. The third-order valence-corrected chi connectivity index (χ3v) is 5.00. The predicted molar refractivity (Wildman–Crippen MR) is 74.6 cm³/mol. The van der Waals surface area contributed by atoms with Gasteiger partial charge in [-0.25, -0.2) is 0 Å². The lowest BCUT2D eigenvalue weighted by Crippen LogP contribution is -2.34. The first-order valence-corrected chi connectivity index (χ1v) is 7.66. The number of hydrogen-bond acceptors (Lipinski definition) is 2. The summed E-state index contributed by atoms with van der Waals surface area (Å²) in [6.45, 7) is 12.4. The van der Waals surface area contributed by atoms with Gasteiger partial charge >= 0.3 is 0 Å². The summed E-state index contributed by atoms with van der Waals surface area (Å²) in [5, 5.41) is 0. The Bertz CT molecular complexity index is 250. The molecule has 2 heteroatoms. The highest BCUT2D eigenvalue weighted by Crippen LogP contribution is 2.38. The number of rotatable bonds is 3. The molecule has 0 radical (unpaired) electrons. The molecule has 0 aromatic carbocycles. The van der Waals surface area contributed by atoms with Gasteiger partial charge in [0.25, 0.3) is 0 Å². The van der Waals surface area contributed by atoms with Gasteiger partial charge in [-0.2, -0.15) is 0 Å². The zero-order valence-corrected chi connectivity index (χ0v) is 12.6. The summed E-state index contributed by atoms with van der Waals surface area (Å²) < 4.78 is 11.5. The zero-order valence-electron chi connectivity index (χ0n) is 12.6. The van der Waals surface area contributed by atoms with Crippen LogP contribution in [0.15, 0.2) is 0 Å². The van der Waals surface area contributed by atoms with Crippen LogP contribution in [0, 0.1) is 23.2 Å². The fraction of sp³-hybridized carbons (Fsp3) is 1.00. The number of hydrogen-bond donors (Lipinski definition) is 0. The fourth-order valence-corrected chi connectivity index (χ4v) is 3.44. The van der Waals surface area contributed by atoms with Crippen molar-refractivity contribution in [3.05, 3.63) is 0 Å². The highest BCUT2D eigenvalue weighted by atomic mass is 16.5. The van der Waals surface area contributed by atoms with Crippen LogP contribution in [-0.2, 0) is 9.47 Å². The summed E-state index contributed by atoms with van der Waals surface area (Å²) in [6, 6.07) is 0. The minimum absolute atomic E-state index is 0.432. The van der Waals surface area contributed by atoms with Crippen LogP contribution in [0.2, 0.25) is 0 Å². The van der Waals surface area contributed by atoms with Crippen molar-refractivity contribution in [2.75, 3.05) is 19.8 Å². The van der Waals surface area contributed by atoms with Crippen molar-refractivity contribution in [2.24, 2.45) is 23.2 Å². The van der Waals surface area contributed by atoms with E-state index in [9.17, 15) is 0 Å².